The fourth-order valence-corrected chi connectivity index (χ4v) is 3.65. The van der Waals surface area contributed by atoms with E-state index in [9.17, 15) is 18.0 Å². The van der Waals surface area contributed by atoms with Crippen molar-refractivity contribution in [3.05, 3.63) is 64.1 Å². The zero-order valence-electron chi connectivity index (χ0n) is 17.1. The zero-order chi connectivity index (χ0) is 22.5. The van der Waals surface area contributed by atoms with Gasteiger partial charge in [-0.25, -0.2) is 0 Å². The van der Waals surface area contributed by atoms with Crippen LogP contribution in [0.4, 0.5) is 18.9 Å². The number of anilines is 1. The summed E-state index contributed by atoms with van der Waals surface area (Å²) in [6.45, 7) is 6.16. The van der Waals surface area contributed by atoms with Crippen molar-refractivity contribution in [1.29, 1.82) is 0 Å². The highest BCUT2D eigenvalue weighted by atomic mass is 79.9. The number of nitrogens with zero attached hydrogens (tertiary/aromatic N) is 1. The molecule has 1 aliphatic rings. The first-order chi connectivity index (χ1) is 14.7. The number of carbonyl (C=O) groups excluding carboxylic acids is 1. The Bertz CT molecular complexity index is 869. The Morgan fingerprint density at radius 3 is 2.19 bits per heavy atom. The van der Waals surface area contributed by atoms with Crippen LogP contribution in [0.5, 0.6) is 0 Å². The fraction of sp³-hybridized carbons (Fsp3) is 0.409. The van der Waals surface area contributed by atoms with Gasteiger partial charge in [-0.2, -0.15) is 13.2 Å². The number of morpholine rings is 1. The van der Waals surface area contributed by atoms with Gasteiger partial charge in [0.1, 0.15) is 5.54 Å². The van der Waals surface area contributed by atoms with E-state index in [4.69, 9.17) is 4.74 Å². The highest BCUT2D eigenvalue weighted by Gasteiger charge is 2.35. The Kier molecular flexibility index (Phi) is 7.74. The lowest BCUT2D eigenvalue weighted by atomic mass is 9.90. The van der Waals surface area contributed by atoms with Crippen LogP contribution in [0.3, 0.4) is 0 Å². The number of halogens is 4. The number of benzene rings is 2. The van der Waals surface area contributed by atoms with E-state index in [1.165, 1.54) is 12.1 Å². The molecule has 1 unspecified atom stereocenters. The Hall–Kier alpha value is -1.94. The minimum absolute atomic E-state index is 0.302. The zero-order valence-corrected chi connectivity index (χ0v) is 18.7. The quantitative estimate of drug-likeness (QED) is 0.598. The minimum atomic E-state index is -4.42. The second kappa shape index (κ2) is 10.1. The molecule has 2 aromatic rings. The normalized spacial score (nSPS) is 17.2. The van der Waals surface area contributed by atoms with Crippen molar-refractivity contribution >= 4 is 27.5 Å². The van der Waals surface area contributed by atoms with Crippen LogP contribution in [-0.4, -0.2) is 50.2 Å². The molecule has 0 bridgehead atoms. The molecule has 0 radical (unpaired) electrons. The number of amides is 1. The molecule has 0 aliphatic carbocycles. The van der Waals surface area contributed by atoms with E-state index >= 15 is 0 Å². The van der Waals surface area contributed by atoms with Gasteiger partial charge in [0.25, 0.3) is 0 Å². The van der Waals surface area contributed by atoms with Gasteiger partial charge in [-0.15, -0.1) is 0 Å². The summed E-state index contributed by atoms with van der Waals surface area (Å²) in [6, 6.07) is 11.8. The van der Waals surface area contributed by atoms with Gasteiger partial charge in [0, 0.05) is 36.3 Å². The van der Waals surface area contributed by atoms with Crippen LogP contribution in [-0.2, 0) is 21.2 Å². The topological polar surface area (TPSA) is 53.6 Å². The van der Waals surface area contributed by atoms with Crippen molar-refractivity contribution in [1.82, 2.24) is 10.2 Å². The van der Waals surface area contributed by atoms with Crippen molar-refractivity contribution in [3.63, 3.8) is 0 Å². The first-order valence-electron chi connectivity index (χ1n) is 9.98. The molecule has 1 aliphatic heterocycles. The summed E-state index contributed by atoms with van der Waals surface area (Å²) in [4.78, 5) is 15.5. The first kappa shape index (κ1) is 23.7. The van der Waals surface area contributed by atoms with Crippen molar-refractivity contribution in [3.8, 4) is 0 Å². The van der Waals surface area contributed by atoms with Gasteiger partial charge < -0.3 is 10.1 Å². The van der Waals surface area contributed by atoms with Crippen LogP contribution in [0.25, 0.3) is 0 Å². The van der Waals surface area contributed by atoms with Crippen molar-refractivity contribution in [2.45, 2.75) is 18.6 Å². The number of hydrogen-bond donors (Lipinski definition) is 2. The molecule has 0 aromatic heterocycles. The number of carbonyl (C=O) groups is 1. The van der Waals surface area contributed by atoms with Crippen LogP contribution in [0, 0.1) is 0 Å². The minimum Gasteiger partial charge on any atom is -0.379 e. The molecule has 0 saturated carbocycles. The molecule has 2 aromatic carbocycles. The van der Waals surface area contributed by atoms with Crippen molar-refractivity contribution < 1.29 is 22.7 Å². The standard InChI is InChI=1S/C22H25BrF3N3O2/c1-21(16-2-6-18(23)7-3-16,27-10-11-29-12-14-31-15-13-29)20(30)28-19-8-4-17(5-9-19)22(24,25)26/h2-9,27H,10-15H2,1H3,(H,28,30). The molecule has 5 nitrogen and oxygen atoms in total. The van der Waals surface area contributed by atoms with Crippen molar-refractivity contribution in [2.75, 3.05) is 44.7 Å². The maximum absolute atomic E-state index is 13.2. The van der Waals surface area contributed by atoms with E-state index in [1.807, 2.05) is 24.3 Å². The average Bonchev–Trinajstić information content (AvgIpc) is 2.74. The van der Waals surface area contributed by atoms with Crippen LogP contribution < -0.4 is 10.6 Å². The predicted octanol–water partition coefficient (Wildman–Crippen LogP) is 4.24. The summed E-state index contributed by atoms with van der Waals surface area (Å²) in [5, 5.41) is 6.09. The highest BCUT2D eigenvalue weighted by molar-refractivity contribution is 9.10. The van der Waals surface area contributed by atoms with Crippen molar-refractivity contribution in [2.24, 2.45) is 0 Å². The fourth-order valence-electron chi connectivity index (χ4n) is 3.38. The summed E-state index contributed by atoms with van der Waals surface area (Å²) in [7, 11) is 0. The van der Waals surface area contributed by atoms with E-state index in [1.54, 1.807) is 6.92 Å². The molecular formula is C22H25BrF3N3O2. The van der Waals surface area contributed by atoms with Gasteiger partial charge in [-0.1, -0.05) is 28.1 Å². The summed E-state index contributed by atoms with van der Waals surface area (Å²) < 4.78 is 44.7. The number of alkyl halides is 3. The first-order valence-corrected chi connectivity index (χ1v) is 10.8. The monoisotopic (exact) mass is 499 g/mol. The third-order valence-corrected chi connectivity index (χ3v) is 5.88. The molecule has 0 spiro atoms. The molecular weight excluding hydrogens is 475 g/mol. The molecule has 1 fully saturated rings. The van der Waals surface area contributed by atoms with Gasteiger partial charge in [-0.05, 0) is 48.9 Å². The second-order valence-electron chi connectivity index (χ2n) is 7.54. The lowest BCUT2D eigenvalue weighted by Crippen LogP contribution is -2.52. The third-order valence-electron chi connectivity index (χ3n) is 5.36. The van der Waals surface area contributed by atoms with Gasteiger partial charge in [0.05, 0.1) is 18.8 Å². The third kappa shape index (κ3) is 6.29. The summed E-state index contributed by atoms with van der Waals surface area (Å²) in [5.74, 6) is -0.350. The van der Waals surface area contributed by atoms with E-state index in [-0.39, 0.29) is 5.91 Å². The number of rotatable bonds is 7. The molecule has 1 atom stereocenters. The smallest absolute Gasteiger partial charge is 0.379 e. The molecule has 1 saturated heterocycles. The Morgan fingerprint density at radius 2 is 1.61 bits per heavy atom. The maximum Gasteiger partial charge on any atom is 0.416 e. The van der Waals surface area contributed by atoms with E-state index in [0.717, 1.165) is 41.8 Å². The molecule has 9 heteroatoms. The Balaban J connectivity index is 1.74. The number of ether oxygens (including phenoxy) is 1. The molecule has 3 rings (SSSR count). The molecule has 168 valence electrons. The highest BCUT2D eigenvalue weighted by Crippen LogP contribution is 2.30. The lowest BCUT2D eigenvalue weighted by Gasteiger charge is -2.33. The van der Waals surface area contributed by atoms with Gasteiger partial charge in [-0.3, -0.25) is 15.0 Å². The van der Waals surface area contributed by atoms with Crippen LogP contribution in [0.2, 0.25) is 0 Å². The molecule has 2 N–H and O–H groups in total. The number of nitrogens with one attached hydrogen (secondary N) is 2. The predicted molar refractivity (Wildman–Crippen MR) is 117 cm³/mol. The lowest BCUT2D eigenvalue weighted by molar-refractivity contribution is -0.137. The number of hydrogen-bond acceptors (Lipinski definition) is 4. The van der Waals surface area contributed by atoms with Crippen LogP contribution in [0.1, 0.15) is 18.1 Å². The van der Waals surface area contributed by atoms with Crippen LogP contribution in [0.15, 0.2) is 53.0 Å². The molecule has 31 heavy (non-hydrogen) atoms. The van der Waals surface area contributed by atoms with Gasteiger partial charge in [0.2, 0.25) is 5.91 Å². The SMILES string of the molecule is CC(NCCN1CCOCC1)(C(=O)Nc1ccc(C(F)(F)F)cc1)c1ccc(Br)cc1. The van der Waals surface area contributed by atoms with E-state index in [2.05, 4.69) is 31.5 Å². The average molecular weight is 500 g/mol. The molecule has 1 heterocycles. The van der Waals surface area contributed by atoms with Gasteiger partial charge >= 0.3 is 6.18 Å². The Labute approximate surface area is 188 Å². The summed E-state index contributed by atoms with van der Waals surface area (Å²) in [5.41, 5.74) is -0.779. The Morgan fingerprint density at radius 1 is 1.03 bits per heavy atom. The van der Waals surface area contributed by atoms with E-state index in [0.29, 0.717) is 25.4 Å². The molecule has 1 amide bonds. The van der Waals surface area contributed by atoms with E-state index < -0.39 is 17.3 Å². The largest absolute Gasteiger partial charge is 0.416 e. The summed E-state index contributed by atoms with van der Waals surface area (Å²) >= 11 is 3.40. The second-order valence-corrected chi connectivity index (χ2v) is 8.46. The summed E-state index contributed by atoms with van der Waals surface area (Å²) in [6.07, 6.45) is -4.42. The van der Waals surface area contributed by atoms with Crippen LogP contribution >= 0.6 is 15.9 Å². The maximum atomic E-state index is 13.2. The van der Waals surface area contributed by atoms with Gasteiger partial charge in [0.15, 0.2) is 0 Å².